The van der Waals surface area contributed by atoms with E-state index in [1.54, 1.807) is 12.1 Å². The lowest BCUT2D eigenvalue weighted by molar-refractivity contribution is -0.119. The third-order valence-electron chi connectivity index (χ3n) is 2.86. The van der Waals surface area contributed by atoms with Gasteiger partial charge in [0.2, 0.25) is 5.91 Å². The largest absolute Gasteiger partial charge is 0.326 e. The minimum absolute atomic E-state index is 0.0842. The van der Waals surface area contributed by atoms with E-state index in [-0.39, 0.29) is 11.8 Å². The lowest BCUT2D eigenvalue weighted by atomic mass is 10.1. The highest BCUT2D eigenvalue weighted by Gasteiger charge is 2.24. The molecule has 0 heterocycles. The van der Waals surface area contributed by atoms with Crippen LogP contribution in [0.15, 0.2) is 36.4 Å². The fourth-order valence-corrected chi connectivity index (χ4v) is 2.06. The van der Waals surface area contributed by atoms with E-state index in [0.29, 0.717) is 5.02 Å². The summed E-state index contributed by atoms with van der Waals surface area (Å²) >= 11 is 5.77. The number of allylic oxidation sites excluding steroid dienone is 1. The maximum absolute atomic E-state index is 11.9. The molecule has 1 aliphatic rings. The minimum atomic E-state index is 0.0842. The predicted molar refractivity (Wildman–Crippen MR) is 66.6 cm³/mol. The Morgan fingerprint density at radius 1 is 1.38 bits per heavy atom. The molecule has 1 atom stereocenters. The van der Waals surface area contributed by atoms with Crippen molar-refractivity contribution in [2.75, 3.05) is 5.32 Å². The molecule has 1 amide bonds. The molecule has 0 spiro atoms. The standard InChI is InChI=1S/C13H14ClNO/c1-9-2-3-10(8-9)13(16)15-12-6-4-11(14)5-7-12/h4-7,10H,1-3,8H2,(H,15,16)/t10-/m1/s1. The van der Waals surface area contributed by atoms with Gasteiger partial charge in [-0.3, -0.25) is 4.79 Å². The quantitative estimate of drug-likeness (QED) is 0.780. The highest BCUT2D eigenvalue weighted by Crippen LogP contribution is 2.29. The van der Waals surface area contributed by atoms with E-state index < -0.39 is 0 Å². The van der Waals surface area contributed by atoms with Gasteiger partial charge >= 0.3 is 0 Å². The lowest BCUT2D eigenvalue weighted by Gasteiger charge is -2.09. The third kappa shape index (κ3) is 2.64. The maximum atomic E-state index is 11.9. The van der Waals surface area contributed by atoms with Crippen LogP contribution in [0.25, 0.3) is 0 Å². The van der Waals surface area contributed by atoms with Gasteiger partial charge in [0.05, 0.1) is 0 Å². The second-order valence-electron chi connectivity index (χ2n) is 4.19. The Morgan fingerprint density at radius 2 is 2.06 bits per heavy atom. The number of hydrogen-bond donors (Lipinski definition) is 1. The summed E-state index contributed by atoms with van der Waals surface area (Å²) in [6, 6.07) is 7.16. The number of hydrogen-bond acceptors (Lipinski definition) is 1. The molecule has 0 aromatic heterocycles. The average Bonchev–Trinajstić information content (AvgIpc) is 2.68. The van der Waals surface area contributed by atoms with E-state index in [0.717, 1.165) is 24.9 Å². The molecule has 0 radical (unpaired) electrons. The summed E-state index contributed by atoms with van der Waals surface area (Å²) in [5.41, 5.74) is 1.98. The molecule has 0 bridgehead atoms. The van der Waals surface area contributed by atoms with Crippen LogP contribution in [-0.4, -0.2) is 5.91 Å². The first-order valence-corrected chi connectivity index (χ1v) is 5.76. The molecule has 2 rings (SSSR count). The molecule has 2 nitrogen and oxygen atoms in total. The summed E-state index contributed by atoms with van der Waals surface area (Å²) in [5, 5.41) is 3.57. The van der Waals surface area contributed by atoms with Crippen molar-refractivity contribution in [1.82, 2.24) is 0 Å². The lowest BCUT2D eigenvalue weighted by Crippen LogP contribution is -2.20. The van der Waals surface area contributed by atoms with E-state index >= 15 is 0 Å². The summed E-state index contributed by atoms with van der Waals surface area (Å²) in [6.07, 6.45) is 2.70. The molecular formula is C13H14ClNO. The molecule has 1 fully saturated rings. The minimum Gasteiger partial charge on any atom is -0.326 e. The van der Waals surface area contributed by atoms with Gasteiger partial charge in [-0.2, -0.15) is 0 Å². The normalized spacial score (nSPS) is 19.8. The van der Waals surface area contributed by atoms with Crippen LogP contribution >= 0.6 is 11.6 Å². The van der Waals surface area contributed by atoms with Gasteiger partial charge in [0.25, 0.3) is 0 Å². The predicted octanol–water partition coefficient (Wildman–Crippen LogP) is 3.63. The molecule has 1 N–H and O–H groups in total. The molecule has 16 heavy (non-hydrogen) atoms. The van der Waals surface area contributed by atoms with E-state index in [1.165, 1.54) is 5.57 Å². The van der Waals surface area contributed by atoms with Gasteiger partial charge in [-0.25, -0.2) is 0 Å². The Labute approximate surface area is 100 Å². The van der Waals surface area contributed by atoms with Crippen molar-refractivity contribution in [2.45, 2.75) is 19.3 Å². The molecule has 84 valence electrons. The fraction of sp³-hybridized carbons (Fsp3) is 0.308. The number of benzene rings is 1. The summed E-state index contributed by atoms with van der Waals surface area (Å²) in [7, 11) is 0. The van der Waals surface area contributed by atoms with Gasteiger partial charge < -0.3 is 5.32 Å². The topological polar surface area (TPSA) is 29.1 Å². The van der Waals surface area contributed by atoms with Gasteiger partial charge in [-0.05, 0) is 43.5 Å². The van der Waals surface area contributed by atoms with E-state index in [2.05, 4.69) is 11.9 Å². The van der Waals surface area contributed by atoms with Crippen molar-refractivity contribution < 1.29 is 4.79 Å². The third-order valence-corrected chi connectivity index (χ3v) is 3.12. The Morgan fingerprint density at radius 3 is 2.62 bits per heavy atom. The van der Waals surface area contributed by atoms with Crippen LogP contribution in [0.3, 0.4) is 0 Å². The Kier molecular flexibility index (Phi) is 3.30. The first-order valence-electron chi connectivity index (χ1n) is 5.38. The molecule has 1 aromatic rings. The van der Waals surface area contributed by atoms with E-state index in [4.69, 9.17) is 11.6 Å². The first kappa shape index (κ1) is 11.2. The Hall–Kier alpha value is -1.28. The van der Waals surface area contributed by atoms with Crippen LogP contribution in [0, 0.1) is 5.92 Å². The average molecular weight is 236 g/mol. The second-order valence-corrected chi connectivity index (χ2v) is 4.62. The zero-order valence-electron chi connectivity index (χ0n) is 9.00. The molecule has 0 unspecified atom stereocenters. The molecule has 3 heteroatoms. The van der Waals surface area contributed by atoms with Gasteiger partial charge in [-0.1, -0.05) is 23.8 Å². The van der Waals surface area contributed by atoms with Gasteiger partial charge in [0.15, 0.2) is 0 Å². The van der Waals surface area contributed by atoms with Gasteiger partial charge in [0, 0.05) is 16.6 Å². The fourth-order valence-electron chi connectivity index (χ4n) is 1.93. The van der Waals surface area contributed by atoms with Crippen molar-refractivity contribution in [3.63, 3.8) is 0 Å². The summed E-state index contributed by atoms with van der Waals surface area (Å²) < 4.78 is 0. The highest BCUT2D eigenvalue weighted by molar-refractivity contribution is 6.30. The van der Waals surface area contributed by atoms with Gasteiger partial charge in [-0.15, -0.1) is 0 Å². The Bertz CT molecular complexity index is 410. The number of halogens is 1. The van der Waals surface area contributed by atoms with Crippen LogP contribution in [-0.2, 0) is 4.79 Å². The maximum Gasteiger partial charge on any atom is 0.227 e. The summed E-state index contributed by atoms with van der Waals surface area (Å²) in [6.45, 7) is 3.91. The van der Waals surface area contributed by atoms with Crippen molar-refractivity contribution >= 4 is 23.2 Å². The smallest absolute Gasteiger partial charge is 0.227 e. The molecular weight excluding hydrogens is 222 g/mol. The first-order chi connectivity index (χ1) is 7.65. The van der Waals surface area contributed by atoms with E-state index in [1.807, 2.05) is 12.1 Å². The highest BCUT2D eigenvalue weighted by atomic mass is 35.5. The summed E-state index contributed by atoms with van der Waals surface area (Å²) in [4.78, 5) is 11.9. The van der Waals surface area contributed by atoms with Crippen molar-refractivity contribution in [3.8, 4) is 0 Å². The molecule has 0 aliphatic heterocycles. The van der Waals surface area contributed by atoms with Crippen LogP contribution in [0.1, 0.15) is 19.3 Å². The molecule has 0 saturated heterocycles. The molecule has 1 aromatic carbocycles. The van der Waals surface area contributed by atoms with Gasteiger partial charge in [0.1, 0.15) is 0 Å². The molecule has 1 saturated carbocycles. The van der Waals surface area contributed by atoms with Crippen molar-refractivity contribution in [1.29, 1.82) is 0 Å². The number of nitrogens with one attached hydrogen (secondary N) is 1. The van der Waals surface area contributed by atoms with Crippen LogP contribution in [0.2, 0.25) is 5.02 Å². The van der Waals surface area contributed by atoms with Crippen LogP contribution < -0.4 is 5.32 Å². The number of rotatable bonds is 2. The number of carbonyl (C=O) groups excluding carboxylic acids is 1. The Balaban J connectivity index is 1.97. The van der Waals surface area contributed by atoms with Crippen molar-refractivity contribution in [3.05, 3.63) is 41.4 Å². The number of amides is 1. The van der Waals surface area contributed by atoms with Crippen LogP contribution in [0.4, 0.5) is 5.69 Å². The molecule has 1 aliphatic carbocycles. The van der Waals surface area contributed by atoms with Crippen LogP contribution in [0.5, 0.6) is 0 Å². The summed E-state index contributed by atoms with van der Waals surface area (Å²) in [5.74, 6) is 0.171. The zero-order valence-corrected chi connectivity index (χ0v) is 9.76. The second kappa shape index (κ2) is 4.71. The van der Waals surface area contributed by atoms with Crippen molar-refractivity contribution in [2.24, 2.45) is 5.92 Å². The number of carbonyl (C=O) groups is 1. The zero-order chi connectivity index (χ0) is 11.5. The monoisotopic (exact) mass is 235 g/mol. The van der Waals surface area contributed by atoms with E-state index in [9.17, 15) is 4.79 Å². The SMILES string of the molecule is C=C1CC[C@@H](C(=O)Nc2ccc(Cl)cc2)C1. The number of anilines is 1.